The van der Waals surface area contributed by atoms with Crippen LogP contribution in [-0.4, -0.2) is 4.37 Å². The van der Waals surface area contributed by atoms with Crippen LogP contribution >= 0.6 is 11.5 Å². The van der Waals surface area contributed by atoms with E-state index < -0.39 is 0 Å². The molecular weight excluding hydrogens is 226 g/mol. The van der Waals surface area contributed by atoms with Gasteiger partial charge in [0, 0.05) is 10.8 Å². The van der Waals surface area contributed by atoms with E-state index in [1.807, 2.05) is 0 Å². The third-order valence-electron chi connectivity index (χ3n) is 3.10. The molecule has 3 rings (SSSR count). The lowest BCUT2D eigenvalue weighted by molar-refractivity contribution is 1.46. The molecule has 0 aliphatic rings. The molecule has 84 valence electrons. The minimum Gasteiger partial charge on any atom is -0.192 e. The Hall–Kier alpha value is -1.67. The molecule has 0 aliphatic heterocycles. The van der Waals surface area contributed by atoms with Crippen molar-refractivity contribution in [3.8, 4) is 11.1 Å². The first-order valence-corrected chi connectivity index (χ1v) is 6.50. The van der Waals surface area contributed by atoms with Crippen LogP contribution in [0, 0.1) is 13.8 Å². The highest BCUT2D eigenvalue weighted by Crippen LogP contribution is 2.31. The van der Waals surface area contributed by atoms with Crippen molar-refractivity contribution < 1.29 is 0 Å². The maximum atomic E-state index is 4.46. The molecule has 1 aromatic heterocycles. The highest BCUT2D eigenvalue weighted by atomic mass is 32.1. The summed E-state index contributed by atoms with van der Waals surface area (Å²) in [5, 5.41) is 3.40. The SMILES string of the molecule is Cc1ccc(-c2ccc(C)c3nscc23)cc1. The fourth-order valence-electron chi connectivity index (χ4n) is 2.07. The Morgan fingerprint density at radius 3 is 2.47 bits per heavy atom. The van der Waals surface area contributed by atoms with Crippen molar-refractivity contribution in [2.24, 2.45) is 0 Å². The van der Waals surface area contributed by atoms with Gasteiger partial charge in [-0.2, -0.15) is 4.37 Å². The van der Waals surface area contributed by atoms with Gasteiger partial charge in [-0.15, -0.1) is 0 Å². The average molecular weight is 239 g/mol. The molecule has 2 heteroatoms. The summed E-state index contributed by atoms with van der Waals surface area (Å²) in [6.07, 6.45) is 0. The van der Waals surface area contributed by atoms with Crippen LogP contribution in [0.4, 0.5) is 0 Å². The van der Waals surface area contributed by atoms with Gasteiger partial charge in [0.1, 0.15) is 0 Å². The number of aromatic nitrogens is 1. The Morgan fingerprint density at radius 2 is 1.71 bits per heavy atom. The molecule has 0 amide bonds. The highest BCUT2D eigenvalue weighted by Gasteiger charge is 2.07. The van der Waals surface area contributed by atoms with E-state index in [1.165, 1.54) is 39.2 Å². The van der Waals surface area contributed by atoms with Gasteiger partial charge in [-0.25, -0.2) is 0 Å². The summed E-state index contributed by atoms with van der Waals surface area (Å²) in [5.41, 5.74) is 6.21. The normalized spacial score (nSPS) is 10.9. The summed E-state index contributed by atoms with van der Waals surface area (Å²) >= 11 is 1.53. The van der Waals surface area contributed by atoms with Crippen molar-refractivity contribution in [1.82, 2.24) is 4.37 Å². The molecule has 1 nitrogen and oxygen atoms in total. The standard InChI is InChI=1S/C15H13NS/c1-10-3-6-12(7-4-10)13-8-5-11(2)15-14(13)9-17-16-15/h3-9H,1-2H3. The molecule has 0 spiro atoms. The van der Waals surface area contributed by atoms with Gasteiger partial charge in [-0.1, -0.05) is 42.0 Å². The molecule has 0 unspecified atom stereocenters. The molecule has 0 fully saturated rings. The third kappa shape index (κ3) is 1.75. The van der Waals surface area contributed by atoms with E-state index in [1.54, 1.807) is 0 Å². The fraction of sp³-hybridized carbons (Fsp3) is 0.133. The van der Waals surface area contributed by atoms with Gasteiger partial charge in [0.25, 0.3) is 0 Å². The largest absolute Gasteiger partial charge is 0.192 e. The van der Waals surface area contributed by atoms with Crippen LogP contribution in [0.2, 0.25) is 0 Å². The topological polar surface area (TPSA) is 12.9 Å². The van der Waals surface area contributed by atoms with Crippen molar-refractivity contribution >= 4 is 22.4 Å². The van der Waals surface area contributed by atoms with Gasteiger partial charge < -0.3 is 0 Å². The third-order valence-corrected chi connectivity index (χ3v) is 3.73. The molecule has 0 saturated heterocycles. The van der Waals surface area contributed by atoms with Crippen molar-refractivity contribution in [3.63, 3.8) is 0 Å². The van der Waals surface area contributed by atoms with Gasteiger partial charge in [0.05, 0.1) is 5.52 Å². The second kappa shape index (κ2) is 3.97. The van der Waals surface area contributed by atoms with Crippen LogP contribution < -0.4 is 0 Å². The minimum atomic E-state index is 1.13. The van der Waals surface area contributed by atoms with E-state index in [9.17, 15) is 0 Å². The number of hydrogen-bond donors (Lipinski definition) is 0. The molecule has 17 heavy (non-hydrogen) atoms. The van der Waals surface area contributed by atoms with Crippen molar-refractivity contribution in [3.05, 3.63) is 52.9 Å². The monoisotopic (exact) mass is 239 g/mol. The molecule has 1 heterocycles. The van der Waals surface area contributed by atoms with Crippen molar-refractivity contribution in [1.29, 1.82) is 0 Å². The summed E-state index contributed by atoms with van der Waals surface area (Å²) in [6, 6.07) is 13.0. The van der Waals surface area contributed by atoms with Crippen LogP contribution in [-0.2, 0) is 0 Å². The molecule has 0 radical (unpaired) electrons. The van der Waals surface area contributed by atoms with Gasteiger partial charge >= 0.3 is 0 Å². The van der Waals surface area contributed by atoms with Crippen molar-refractivity contribution in [2.75, 3.05) is 0 Å². The van der Waals surface area contributed by atoms with Crippen LogP contribution in [0.1, 0.15) is 11.1 Å². The summed E-state index contributed by atoms with van der Waals surface area (Å²) in [7, 11) is 0. The lowest BCUT2D eigenvalue weighted by Crippen LogP contribution is -1.82. The molecule has 0 N–H and O–H groups in total. The minimum absolute atomic E-state index is 1.13. The Morgan fingerprint density at radius 1 is 0.941 bits per heavy atom. The van der Waals surface area contributed by atoms with Gasteiger partial charge in [0.2, 0.25) is 0 Å². The van der Waals surface area contributed by atoms with Crippen LogP contribution in [0.15, 0.2) is 41.8 Å². The van der Waals surface area contributed by atoms with Gasteiger partial charge in [0.15, 0.2) is 0 Å². The first kappa shape index (κ1) is 10.5. The Bertz CT molecular complexity index is 665. The van der Waals surface area contributed by atoms with Crippen molar-refractivity contribution in [2.45, 2.75) is 13.8 Å². The summed E-state index contributed by atoms with van der Waals surface area (Å²) in [4.78, 5) is 0. The highest BCUT2D eigenvalue weighted by molar-refractivity contribution is 7.04. The smallest absolute Gasteiger partial charge is 0.0876 e. The second-order valence-corrected chi connectivity index (χ2v) is 5.00. The van der Waals surface area contributed by atoms with E-state index in [4.69, 9.17) is 0 Å². The summed E-state index contributed by atoms with van der Waals surface area (Å²) in [6.45, 7) is 4.22. The zero-order chi connectivity index (χ0) is 11.8. The van der Waals surface area contributed by atoms with Crippen LogP contribution in [0.3, 0.4) is 0 Å². The Balaban J connectivity index is 2.27. The molecule has 0 atom stereocenters. The molecule has 0 aliphatic carbocycles. The Labute approximate surface area is 105 Å². The van der Waals surface area contributed by atoms with E-state index in [-0.39, 0.29) is 0 Å². The second-order valence-electron chi connectivity index (χ2n) is 4.37. The summed E-state index contributed by atoms with van der Waals surface area (Å²) in [5.74, 6) is 0. The van der Waals surface area contributed by atoms with E-state index in [0.29, 0.717) is 0 Å². The zero-order valence-electron chi connectivity index (χ0n) is 9.90. The first-order chi connectivity index (χ1) is 8.25. The molecule has 0 saturated carbocycles. The van der Waals surface area contributed by atoms with Gasteiger partial charge in [-0.05, 0) is 42.1 Å². The number of benzene rings is 2. The van der Waals surface area contributed by atoms with Crippen LogP contribution in [0.5, 0.6) is 0 Å². The Kier molecular flexibility index (Phi) is 2.45. The number of rotatable bonds is 1. The maximum Gasteiger partial charge on any atom is 0.0876 e. The predicted octanol–water partition coefficient (Wildman–Crippen LogP) is 4.58. The van der Waals surface area contributed by atoms with E-state index in [0.717, 1.165) is 5.52 Å². The molecule has 3 aromatic rings. The summed E-state index contributed by atoms with van der Waals surface area (Å²) < 4.78 is 4.46. The zero-order valence-corrected chi connectivity index (χ0v) is 10.7. The fourth-order valence-corrected chi connectivity index (χ4v) is 2.82. The number of hydrogen-bond acceptors (Lipinski definition) is 2. The lowest BCUT2D eigenvalue weighted by Gasteiger charge is -2.05. The molecule has 2 aromatic carbocycles. The molecular formula is C15H13NS. The maximum absolute atomic E-state index is 4.46. The number of fused-ring (bicyclic) bond motifs is 1. The molecule has 0 bridgehead atoms. The quantitative estimate of drug-likeness (QED) is 0.605. The van der Waals surface area contributed by atoms with E-state index in [2.05, 4.69) is 60.0 Å². The van der Waals surface area contributed by atoms with Crippen LogP contribution in [0.25, 0.3) is 22.0 Å². The van der Waals surface area contributed by atoms with E-state index >= 15 is 0 Å². The predicted molar refractivity (Wildman–Crippen MR) is 74.5 cm³/mol. The number of aryl methyl sites for hydroxylation is 2. The first-order valence-electron chi connectivity index (χ1n) is 5.66. The van der Waals surface area contributed by atoms with Gasteiger partial charge in [-0.3, -0.25) is 0 Å². The lowest BCUT2D eigenvalue weighted by atomic mass is 9.99. The average Bonchev–Trinajstić information content (AvgIpc) is 2.81. The number of nitrogens with zero attached hydrogens (tertiary/aromatic N) is 1.